The summed E-state index contributed by atoms with van der Waals surface area (Å²) in [6, 6.07) is 0.391. The highest BCUT2D eigenvalue weighted by Gasteiger charge is 2.06. The first-order chi connectivity index (χ1) is 6.49. The van der Waals surface area contributed by atoms with Gasteiger partial charge in [-0.15, -0.1) is 0 Å². The van der Waals surface area contributed by atoms with Gasteiger partial charge in [-0.2, -0.15) is 0 Å². The topological polar surface area (TPSA) is 18.8 Å². The third-order valence-electron chi connectivity index (χ3n) is 2.11. The predicted octanol–water partition coefficient (Wildman–Crippen LogP) is 2.22. The number of nitrogens with zero attached hydrogens (tertiary/aromatic N) is 3. The largest absolute Gasteiger partial charge is 0.348 e. The van der Waals surface area contributed by atoms with Crippen molar-refractivity contribution in [2.45, 2.75) is 33.2 Å². The molecule has 0 rings (SSSR count). The molecule has 3 nitrogen and oxygen atoms in total. The lowest BCUT2D eigenvalue weighted by Gasteiger charge is -2.22. The Labute approximate surface area is 92.7 Å². The van der Waals surface area contributed by atoms with Crippen molar-refractivity contribution < 1.29 is 0 Å². The lowest BCUT2D eigenvalue weighted by atomic mass is 10.4. The molecule has 84 valence electrons. The molecule has 0 aliphatic rings. The molecule has 0 bridgehead atoms. The van der Waals surface area contributed by atoms with Crippen molar-refractivity contribution in [3.63, 3.8) is 0 Å². The van der Waals surface area contributed by atoms with Gasteiger partial charge in [-0.25, -0.2) is 4.99 Å². The van der Waals surface area contributed by atoms with E-state index in [-0.39, 0.29) is 0 Å². The second kappa shape index (κ2) is 7.07. The van der Waals surface area contributed by atoms with E-state index in [9.17, 15) is 0 Å². The SMILES string of the molecule is CCCN(C)CN=C(Cl)N(C)C(C)C. The van der Waals surface area contributed by atoms with E-state index in [1.54, 1.807) is 0 Å². The molecule has 0 radical (unpaired) electrons. The summed E-state index contributed by atoms with van der Waals surface area (Å²) in [5.41, 5.74) is 0. The Morgan fingerprint density at radius 3 is 2.36 bits per heavy atom. The fourth-order valence-corrected chi connectivity index (χ4v) is 1.20. The highest BCUT2D eigenvalue weighted by Crippen LogP contribution is 2.00. The summed E-state index contributed by atoms with van der Waals surface area (Å²) < 4.78 is 0. The van der Waals surface area contributed by atoms with E-state index in [1.807, 2.05) is 19.0 Å². The van der Waals surface area contributed by atoms with Crippen LogP contribution in [0.15, 0.2) is 4.99 Å². The molecule has 0 aromatic heterocycles. The first-order valence-corrected chi connectivity index (χ1v) is 5.48. The third kappa shape index (κ3) is 5.45. The molecule has 0 aromatic rings. The Hall–Kier alpha value is -0.280. The molecule has 0 fully saturated rings. The zero-order valence-electron chi connectivity index (χ0n) is 9.92. The molecule has 0 atom stereocenters. The summed E-state index contributed by atoms with van der Waals surface area (Å²) in [7, 11) is 4.00. The number of amidine groups is 1. The Morgan fingerprint density at radius 2 is 1.93 bits per heavy atom. The van der Waals surface area contributed by atoms with E-state index < -0.39 is 0 Å². The van der Waals surface area contributed by atoms with Gasteiger partial charge < -0.3 is 4.90 Å². The summed E-state index contributed by atoms with van der Waals surface area (Å²) in [6.45, 7) is 8.06. The van der Waals surface area contributed by atoms with Crippen molar-refractivity contribution in [2.75, 3.05) is 27.3 Å². The Balaban J connectivity index is 3.98. The van der Waals surface area contributed by atoms with Crippen LogP contribution in [0.3, 0.4) is 0 Å². The fraction of sp³-hybridized carbons (Fsp3) is 0.900. The monoisotopic (exact) mass is 219 g/mol. The Kier molecular flexibility index (Phi) is 6.93. The van der Waals surface area contributed by atoms with Crippen molar-refractivity contribution in [1.29, 1.82) is 0 Å². The van der Waals surface area contributed by atoms with Crippen LogP contribution in [0, 0.1) is 0 Å². The van der Waals surface area contributed by atoms with E-state index >= 15 is 0 Å². The first-order valence-electron chi connectivity index (χ1n) is 5.10. The van der Waals surface area contributed by atoms with Crippen molar-refractivity contribution in [3.8, 4) is 0 Å². The average molecular weight is 220 g/mol. The summed E-state index contributed by atoms with van der Waals surface area (Å²) >= 11 is 6.02. The van der Waals surface area contributed by atoms with Crippen LogP contribution in [-0.2, 0) is 0 Å². The lowest BCUT2D eigenvalue weighted by Crippen LogP contribution is -2.31. The molecule has 0 aromatic carbocycles. The molecular weight excluding hydrogens is 198 g/mol. The maximum atomic E-state index is 6.02. The number of hydrogen-bond acceptors (Lipinski definition) is 2. The van der Waals surface area contributed by atoms with Crippen LogP contribution in [-0.4, -0.2) is 48.4 Å². The smallest absolute Gasteiger partial charge is 0.195 e. The van der Waals surface area contributed by atoms with E-state index in [4.69, 9.17) is 11.6 Å². The fourth-order valence-electron chi connectivity index (χ4n) is 0.956. The zero-order valence-corrected chi connectivity index (χ0v) is 10.7. The summed E-state index contributed by atoms with van der Waals surface area (Å²) in [5, 5.41) is 0.586. The van der Waals surface area contributed by atoms with Crippen LogP contribution >= 0.6 is 11.6 Å². The highest BCUT2D eigenvalue weighted by molar-refractivity contribution is 6.64. The van der Waals surface area contributed by atoms with Crippen LogP contribution in [0.1, 0.15) is 27.2 Å². The molecule has 0 spiro atoms. The molecule has 0 aliphatic carbocycles. The van der Waals surface area contributed by atoms with Crippen molar-refractivity contribution in [3.05, 3.63) is 0 Å². The van der Waals surface area contributed by atoms with Crippen LogP contribution in [0.5, 0.6) is 0 Å². The van der Waals surface area contributed by atoms with E-state index in [0.717, 1.165) is 13.0 Å². The molecule has 14 heavy (non-hydrogen) atoms. The molecule has 0 N–H and O–H groups in total. The highest BCUT2D eigenvalue weighted by atomic mass is 35.5. The second-order valence-corrected chi connectivity index (χ2v) is 4.19. The number of hydrogen-bond donors (Lipinski definition) is 0. The maximum absolute atomic E-state index is 6.02. The molecule has 0 amide bonds. The lowest BCUT2D eigenvalue weighted by molar-refractivity contribution is 0.342. The van der Waals surface area contributed by atoms with Crippen LogP contribution in [0.25, 0.3) is 0 Å². The van der Waals surface area contributed by atoms with Gasteiger partial charge in [0.25, 0.3) is 0 Å². The van der Waals surface area contributed by atoms with Crippen molar-refractivity contribution in [2.24, 2.45) is 4.99 Å². The molecule has 4 heteroatoms. The molecule has 0 unspecified atom stereocenters. The van der Waals surface area contributed by atoms with Gasteiger partial charge in [-0.1, -0.05) is 6.92 Å². The standard InChI is InChI=1S/C10H22ClN3/c1-6-7-13(4)8-12-10(11)14(5)9(2)3/h9H,6-8H2,1-5H3. The molecular formula is C10H22ClN3. The maximum Gasteiger partial charge on any atom is 0.195 e. The van der Waals surface area contributed by atoms with Gasteiger partial charge in [0.05, 0.1) is 6.67 Å². The van der Waals surface area contributed by atoms with Gasteiger partial charge in [0.2, 0.25) is 0 Å². The van der Waals surface area contributed by atoms with Gasteiger partial charge in [-0.3, -0.25) is 4.90 Å². The first kappa shape index (κ1) is 13.7. The number of aliphatic imine (C=N–C) groups is 1. The van der Waals surface area contributed by atoms with E-state index in [0.29, 0.717) is 18.0 Å². The van der Waals surface area contributed by atoms with Crippen LogP contribution < -0.4 is 0 Å². The van der Waals surface area contributed by atoms with Gasteiger partial charge >= 0.3 is 0 Å². The van der Waals surface area contributed by atoms with Crippen molar-refractivity contribution >= 4 is 16.9 Å². The third-order valence-corrected chi connectivity index (χ3v) is 2.50. The van der Waals surface area contributed by atoms with Gasteiger partial charge in [0, 0.05) is 13.1 Å². The van der Waals surface area contributed by atoms with Gasteiger partial charge in [0.1, 0.15) is 0 Å². The quantitative estimate of drug-likeness (QED) is 0.401. The van der Waals surface area contributed by atoms with Gasteiger partial charge in [0.15, 0.2) is 5.29 Å². The van der Waals surface area contributed by atoms with E-state index in [2.05, 4.69) is 30.7 Å². The molecule has 0 saturated heterocycles. The average Bonchev–Trinajstić information content (AvgIpc) is 2.13. The zero-order chi connectivity index (χ0) is 11.1. The normalized spacial score (nSPS) is 12.7. The number of rotatable bonds is 5. The Bertz CT molecular complexity index is 180. The van der Waals surface area contributed by atoms with Gasteiger partial charge in [-0.05, 0) is 45.5 Å². The van der Waals surface area contributed by atoms with Crippen molar-refractivity contribution in [1.82, 2.24) is 9.80 Å². The van der Waals surface area contributed by atoms with Crippen LogP contribution in [0.2, 0.25) is 0 Å². The van der Waals surface area contributed by atoms with E-state index in [1.165, 1.54) is 0 Å². The minimum atomic E-state index is 0.391. The van der Waals surface area contributed by atoms with Crippen LogP contribution in [0.4, 0.5) is 0 Å². The minimum absolute atomic E-state index is 0.391. The molecule has 0 aliphatic heterocycles. The summed E-state index contributed by atoms with van der Waals surface area (Å²) in [5.74, 6) is 0. The second-order valence-electron chi connectivity index (χ2n) is 3.85. The summed E-state index contributed by atoms with van der Waals surface area (Å²) in [4.78, 5) is 8.41. The predicted molar refractivity (Wildman–Crippen MR) is 64.0 cm³/mol. The Morgan fingerprint density at radius 1 is 1.36 bits per heavy atom. The molecule has 0 saturated carbocycles. The number of halogens is 1. The minimum Gasteiger partial charge on any atom is -0.348 e. The molecule has 0 heterocycles. The summed E-state index contributed by atoms with van der Waals surface area (Å²) in [6.07, 6.45) is 1.14.